The van der Waals surface area contributed by atoms with Crippen molar-refractivity contribution in [2.24, 2.45) is 5.41 Å². The van der Waals surface area contributed by atoms with E-state index in [1.807, 2.05) is 0 Å². The molecule has 3 nitrogen and oxygen atoms in total. The largest absolute Gasteiger partial charge is 0.261 e. The third-order valence-corrected chi connectivity index (χ3v) is 2.21. The topological polar surface area (TPSA) is 38.7 Å². The van der Waals surface area contributed by atoms with E-state index in [2.05, 4.69) is 15.0 Å². The van der Waals surface area contributed by atoms with Gasteiger partial charge in [-0.05, 0) is 30.8 Å². The highest BCUT2D eigenvalue weighted by Gasteiger charge is 2.12. The van der Waals surface area contributed by atoms with E-state index in [1.54, 1.807) is 26.8 Å². The first kappa shape index (κ1) is 7.62. The van der Waals surface area contributed by atoms with Crippen LogP contribution in [0.25, 0.3) is 11.3 Å². The quantitative estimate of drug-likeness (QED) is 0.814. The van der Waals surface area contributed by atoms with Crippen molar-refractivity contribution >= 4 is 0 Å². The van der Waals surface area contributed by atoms with Crippen molar-refractivity contribution in [2.45, 2.75) is 34.0 Å². The average molecular weight is 246 g/mol. The first-order valence-corrected chi connectivity index (χ1v) is 5.72. The molecule has 0 saturated carbocycles. The molecule has 94 valence electrons. The number of nitrogens with zero attached hydrogens (tertiary/aromatic N) is 3. The van der Waals surface area contributed by atoms with Gasteiger partial charge in [0.05, 0.1) is 17.6 Å². The Morgan fingerprint density at radius 2 is 1.94 bits per heavy atom. The van der Waals surface area contributed by atoms with Crippen LogP contribution in [-0.2, 0) is 6.37 Å². The second-order valence-corrected chi connectivity index (χ2v) is 5.09. The van der Waals surface area contributed by atoms with Crippen molar-refractivity contribution in [1.29, 1.82) is 0 Å². The van der Waals surface area contributed by atoms with Crippen LogP contribution in [0.1, 0.15) is 39.0 Å². The summed E-state index contributed by atoms with van der Waals surface area (Å²) >= 11 is 0. The monoisotopic (exact) mass is 246 g/mol. The van der Waals surface area contributed by atoms with Crippen LogP contribution in [0, 0.1) is 12.3 Å². The van der Waals surface area contributed by atoms with E-state index >= 15 is 0 Å². The number of hydrogen-bond donors (Lipinski definition) is 0. The lowest BCUT2D eigenvalue weighted by molar-refractivity contribution is 0.405. The summed E-state index contributed by atoms with van der Waals surface area (Å²) in [5, 5.41) is 0. The van der Waals surface area contributed by atoms with E-state index in [0.29, 0.717) is 11.3 Å². The first-order valence-electron chi connectivity index (χ1n) is 8.22. The fourth-order valence-electron chi connectivity index (χ4n) is 1.47. The molecule has 0 aliphatic heterocycles. The van der Waals surface area contributed by atoms with Gasteiger partial charge in [-0.25, -0.2) is 0 Å². The fraction of sp³-hybridized carbons (Fsp3) is 0.400. The normalized spacial score (nSPS) is 17.2. The molecule has 0 amide bonds. The summed E-state index contributed by atoms with van der Waals surface area (Å²) < 4.78 is 38.3. The Labute approximate surface area is 115 Å². The Morgan fingerprint density at radius 3 is 2.44 bits per heavy atom. The van der Waals surface area contributed by atoms with Crippen LogP contribution in [0.4, 0.5) is 0 Å². The van der Waals surface area contributed by atoms with Gasteiger partial charge in [0.15, 0.2) is 0 Å². The number of rotatable bonds is 2. The number of hydrogen-bond acceptors (Lipinski definition) is 3. The number of aromatic nitrogens is 3. The van der Waals surface area contributed by atoms with Crippen LogP contribution >= 0.6 is 0 Å². The van der Waals surface area contributed by atoms with E-state index < -0.39 is 18.6 Å². The van der Waals surface area contributed by atoms with Crippen LogP contribution in [0.3, 0.4) is 0 Å². The molecule has 18 heavy (non-hydrogen) atoms. The molecule has 3 heteroatoms. The summed E-state index contributed by atoms with van der Waals surface area (Å²) in [4.78, 5) is 12.4. The lowest BCUT2D eigenvalue weighted by Gasteiger charge is -2.16. The van der Waals surface area contributed by atoms with Gasteiger partial charge in [0.25, 0.3) is 0 Å². The molecular weight excluding hydrogens is 222 g/mol. The molecule has 2 aromatic rings. The lowest BCUT2D eigenvalue weighted by atomic mass is 9.91. The zero-order chi connectivity index (χ0) is 17.5. The van der Waals surface area contributed by atoms with Crippen molar-refractivity contribution in [3.8, 4) is 11.3 Å². The Kier molecular flexibility index (Phi) is 2.05. The Hall–Kier alpha value is -1.77. The van der Waals surface area contributed by atoms with Crippen LogP contribution in [-0.4, -0.2) is 15.0 Å². The van der Waals surface area contributed by atoms with Crippen molar-refractivity contribution in [3.63, 3.8) is 0 Å². The van der Waals surface area contributed by atoms with Gasteiger partial charge in [0.1, 0.15) is 0 Å². The molecule has 0 saturated heterocycles. The molecule has 0 atom stereocenters. The van der Waals surface area contributed by atoms with E-state index in [0.717, 1.165) is 0 Å². The minimum absolute atomic E-state index is 0.0231. The smallest absolute Gasteiger partial charge is 0.0900 e. The molecule has 0 aromatic carbocycles. The standard InChI is InChI=1S/C15H19N3/c1-11-5-6-12(8-16-11)14-10-17-13(9-18-14)7-15(2,3)4/h5-6,8-10H,7H2,1-4H3/i1D3,7D2. The predicted octanol–water partition coefficient (Wildman–Crippen LogP) is 3.44. The molecule has 0 aliphatic carbocycles. The maximum Gasteiger partial charge on any atom is 0.0900 e. The van der Waals surface area contributed by atoms with Gasteiger partial charge >= 0.3 is 0 Å². The number of aryl methyl sites for hydroxylation is 1. The highest BCUT2D eigenvalue weighted by Crippen LogP contribution is 2.20. The van der Waals surface area contributed by atoms with Gasteiger partial charge in [-0.15, -0.1) is 0 Å². The predicted molar refractivity (Wildman–Crippen MR) is 73.2 cm³/mol. The molecule has 0 unspecified atom stereocenters. The van der Waals surface area contributed by atoms with Gasteiger partial charge in [0.2, 0.25) is 0 Å². The molecule has 2 rings (SSSR count). The fourth-order valence-corrected chi connectivity index (χ4v) is 1.47. The molecule has 0 radical (unpaired) electrons. The second kappa shape index (κ2) is 4.84. The summed E-state index contributed by atoms with van der Waals surface area (Å²) in [5.74, 6) is 0. The third-order valence-electron chi connectivity index (χ3n) is 2.21. The average Bonchev–Trinajstić information content (AvgIpc) is 2.45. The van der Waals surface area contributed by atoms with E-state index in [9.17, 15) is 0 Å². The lowest BCUT2D eigenvalue weighted by Crippen LogP contribution is -2.10. The molecular formula is C15H19N3. The Bertz CT molecular complexity index is 670. The zero-order valence-electron chi connectivity index (χ0n) is 15.7. The summed E-state index contributed by atoms with van der Waals surface area (Å²) in [5.41, 5.74) is 0.832. The molecule has 0 spiro atoms. The van der Waals surface area contributed by atoms with Crippen LogP contribution in [0.15, 0.2) is 30.7 Å². The molecule has 0 bridgehead atoms. The van der Waals surface area contributed by atoms with Gasteiger partial charge in [-0.1, -0.05) is 20.8 Å². The Balaban J connectivity index is 2.30. The molecule has 0 aliphatic rings. The van der Waals surface area contributed by atoms with Gasteiger partial charge in [0, 0.05) is 30.5 Å². The van der Waals surface area contributed by atoms with Gasteiger partial charge in [-0.3, -0.25) is 15.0 Å². The minimum Gasteiger partial charge on any atom is -0.261 e. The maximum atomic E-state index is 8.18. The van der Waals surface area contributed by atoms with E-state index in [-0.39, 0.29) is 11.4 Å². The van der Waals surface area contributed by atoms with Crippen molar-refractivity contribution in [3.05, 3.63) is 42.1 Å². The summed E-state index contributed by atoms with van der Waals surface area (Å²) in [6, 6.07) is 3.06. The molecule has 2 aromatic heterocycles. The highest BCUT2D eigenvalue weighted by atomic mass is 14.8. The molecule has 0 N–H and O–H groups in total. The van der Waals surface area contributed by atoms with Gasteiger partial charge < -0.3 is 0 Å². The van der Waals surface area contributed by atoms with Crippen LogP contribution in [0.2, 0.25) is 0 Å². The maximum absolute atomic E-state index is 8.18. The van der Waals surface area contributed by atoms with Crippen molar-refractivity contribution in [2.75, 3.05) is 0 Å². The summed E-state index contributed by atoms with van der Waals surface area (Å²) in [7, 11) is 0. The van der Waals surface area contributed by atoms with Crippen LogP contribution < -0.4 is 0 Å². The van der Waals surface area contributed by atoms with Crippen molar-refractivity contribution < 1.29 is 6.85 Å². The number of pyridine rings is 1. The summed E-state index contributed by atoms with van der Waals surface area (Å²) in [6.45, 7) is 3.18. The summed E-state index contributed by atoms with van der Waals surface area (Å²) in [6.07, 6.45) is 2.72. The zero-order valence-corrected chi connectivity index (χ0v) is 10.7. The second-order valence-electron chi connectivity index (χ2n) is 5.09. The van der Waals surface area contributed by atoms with Crippen molar-refractivity contribution in [1.82, 2.24) is 15.0 Å². The first-order chi connectivity index (χ1) is 10.4. The SMILES string of the molecule is [2H]C([2H])([2H])c1ccc(-c2cnc(C([2H])([2H])C(C)(C)C)cn2)cn1. The molecule has 2 heterocycles. The Morgan fingerprint density at radius 1 is 1.11 bits per heavy atom. The van der Waals surface area contributed by atoms with Gasteiger partial charge in [-0.2, -0.15) is 0 Å². The highest BCUT2D eigenvalue weighted by molar-refractivity contribution is 5.56. The van der Waals surface area contributed by atoms with E-state index in [1.165, 1.54) is 24.7 Å². The van der Waals surface area contributed by atoms with Crippen LogP contribution in [0.5, 0.6) is 0 Å². The minimum atomic E-state index is -2.24. The van der Waals surface area contributed by atoms with E-state index in [4.69, 9.17) is 6.85 Å². The third kappa shape index (κ3) is 3.36. The molecule has 0 fully saturated rings.